The average molecular weight is 248 g/mol. The highest BCUT2D eigenvalue weighted by atomic mass is 16.6. The van der Waals surface area contributed by atoms with Crippen molar-refractivity contribution in [3.63, 3.8) is 0 Å². The molecule has 1 aliphatic heterocycles. The minimum Gasteiger partial charge on any atom is -0.354 e. The molecule has 0 bridgehead atoms. The number of fused-ring (bicyclic) bond motifs is 1. The summed E-state index contributed by atoms with van der Waals surface area (Å²) in [6, 6.07) is 7.05. The number of nitrogens with one attached hydrogen (secondary N) is 1. The first-order valence-electron chi connectivity index (χ1n) is 6.40. The van der Waals surface area contributed by atoms with Gasteiger partial charge in [0.05, 0.1) is 11.0 Å². The second-order valence-corrected chi connectivity index (χ2v) is 4.96. The Morgan fingerprint density at radius 2 is 1.94 bits per heavy atom. The molecule has 5 heteroatoms. The van der Waals surface area contributed by atoms with E-state index in [2.05, 4.69) is 5.32 Å². The first-order chi connectivity index (χ1) is 8.74. The highest BCUT2D eigenvalue weighted by molar-refractivity contribution is 5.34. The van der Waals surface area contributed by atoms with Crippen LogP contribution in [0.1, 0.15) is 37.5 Å². The number of hydrogen-bond acceptors (Lipinski definition) is 4. The van der Waals surface area contributed by atoms with E-state index in [-0.39, 0.29) is 16.8 Å². The highest BCUT2D eigenvalue weighted by Crippen LogP contribution is 2.33. The predicted molar refractivity (Wildman–Crippen MR) is 66.1 cm³/mol. The fraction of sp³-hybridized carbons (Fsp3) is 0.538. The van der Waals surface area contributed by atoms with Gasteiger partial charge in [-0.1, -0.05) is 12.8 Å². The lowest BCUT2D eigenvalue weighted by Gasteiger charge is -2.22. The zero-order valence-corrected chi connectivity index (χ0v) is 10.0. The number of hydrogen-bond donors (Lipinski definition) is 1. The van der Waals surface area contributed by atoms with Crippen molar-refractivity contribution in [2.24, 2.45) is 0 Å². The van der Waals surface area contributed by atoms with Crippen LogP contribution in [-0.4, -0.2) is 17.1 Å². The number of nitro groups is 1. The molecule has 0 spiro atoms. The normalized spacial score (nSPS) is 31.0. The van der Waals surface area contributed by atoms with Gasteiger partial charge in [0.1, 0.15) is 6.23 Å². The van der Waals surface area contributed by atoms with Gasteiger partial charge < -0.3 is 4.74 Å². The summed E-state index contributed by atoms with van der Waals surface area (Å²) in [7, 11) is 0. The molecule has 1 saturated heterocycles. The molecule has 0 aromatic heterocycles. The third-order valence-corrected chi connectivity index (χ3v) is 3.79. The number of rotatable bonds is 2. The van der Waals surface area contributed by atoms with E-state index >= 15 is 0 Å². The van der Waals surface area contributed by atoms with Crippen LogP contribution in [0.25, 0.3) is 0 Å². The van der Waals surface area contributed by atoms with Crippen molar-refractivity contribution < 1.29 is 9.66 Å². The van der Waals surface area contributed by atoms with Crippen LogP contribution in [0, 0.1) is 10.1 Å². The fourth-order valence-corrected chi connectivity index (χ4v) is 2.80. The number of non-ortho nitro benzene ring substituents is 1. The van der Waals surface area contributed by atoms with Crippen LogP contribution >= 0.6 is 0 Å². The maximum Gasteiger partial charge on any atom is 0.269 e. The zero-order valence-electron chi connectivity index (χ0n) is 10.0. The number of nitrogens with zero attached hydrogens (tertiary/aromatic N) is 1. The molecule has 0 unspecified atom stereocenters. The monoisotopic (exact) mass is 248 g/mol. The van der Waals surface area contributed by atoms with Gasteiger partial charge in [-0.15, -0.1) is 0 Å². The molecule has 1 N–H and O–H groups in total. The molecule has 18 heavy (non-hydrogen) atoms. The minimum atomic E-state index is -0.382. The summed E-state index contributed by atoms with van der Waals surface area (Å²) in [5, 5.41) is 14.1. The minimum absolute atomic E-state index is 0.112. The Morgan fingerprint density at radius 1 is 1.22 bits per heavy atom. The third-order valence-electron chi connectivity index (χ3n) is 3.79. The smallest absolute Gasteiger partial charge is 0.269 e. The predicted octanol–water partition coefficient (Wildman–Crippen LogP) is 2.52. The third kappa shape index (κ3) is 2.11. The van der Waals surface area contributed by atoms with Gasteiger partial charge in [-0.05, 0) is 30.5 Å². The Labute approximate surface area is 105 Å². The summed E-state index contributed by atoms with van der Waals surface area (Å²) in [6.07, 6.45) is 4.95. The molecule has 0 radical (unpaired) electrons. The number of ether oxygens (including phenoxy) is 1. The summed E-state index contributed by atoms with van der Waals surface area (Å²) in [6.45, 7) is 0. The van der Waals surface area contributed by atoms with Gasteiger partial charge in [0.2, 0.25) is 0 Å². The maximum atomic E-state index is 10.6. The Morgan fingerprint density at radius 3 is 2.61 bits per heavy atom. The van der Waals surface area contributed by atoms with Crippen molar-refractivity contribution >= 4 is 5.69 Å². The SMILES string of the molecule is O=[N+]([O-])c1ccc([C@H]2N[C@H]3CCCC[C@H]3O2)cc1. The van der Waals surface area contributed by atoms with Gasteiger partial charge in [-0.25, -0.2) is 0 Å². The van der Waals surface area contributed by atoms with Crippen LogP contribution in [0.3, 0.4) is 0 Å². The van der Waals surface area contributed by atoms with Crippen molar-refractivity contribution in [2.45, 2.75) is 44.1 Å². The van der Waals surface area contributed by atoms with Gasteiger partial charge in [-0.3, -0.25) is 15.4 Å². The molecule has 5 nitrogen and oxygen atoms in total. The van der Waals surface area contributed by atoms with Crippen molar-refractivity contribution in [3.8, 4) is 0 Å². The van der Waals surface area contributed by atoms with E-state index in [4.69, 9.17) is 4.74 Å². The summed E-state index contributed by atoms with van der Waals surface area (Å²) >= 11 is 0. The van der Waals surface area contributed by atoms with Crippen LogP contribution in [0.4, 0.5) is 5.69 Å². The average Bonchev–Trinajstić information content (AvgIpc) is 2.82. The first-order valence-corrected chi connectivity index (χ1v) is 6.40. The molecule has 0 amide bonds. The molecular weight excluding hydrogens is 232 g/mol. The lowest BCUT2D eigenvalue weighted by atomic mass is 9.93. The van der Waals surface area contributed by atoms with E-state index in [1.807, 2.05) is 0 Å². The molecule has 1 saturated carbocycles. The molecule has 1 aliphatic carbocycles. The van der Waals surface area contributed by atoms with E-state index in [9.17, 15) is 10.1 Å². The summed E-state index contributed by atoms with van der Waals surface area (Å²) in [5.41, 5.74) is 1.09. The van der Waals surface area contributed by atoms with E-state index in [1.54, 1.807) is 12.1 Å². The highest BCUT2D eigenvalue weighted by Gasteiger charge is 2.36. The van der Waals surface area contributed by atoms with Crippen LogP contribution < -0.4 is 5.32 Å². The Kier molecular flexibility index (Phi) is 3.01. The van der Waals surface area contributed by atoms with Crippen molar-refractivity contribution in [2.75, 3.05) is 0 Å². The number of benzene rings is 1. The van der Waals surface area contributed by atoms with Gasteiger partial charge in [0, 0.05) is 18.2 Å². The standard InChI is InChI=1S/C13H16N2O3/c16-15(17)10-7-5-9(6-8-10)13-14-11-3-1-2-4-12(11)18-13/h5-8,11-14H,1-4H2/t11-,12+,13-/m0/s1. The summed E-state index contributed by atoms with van der Waals surface area (Å²) < 4.78 is 5.97. The zero-order chi connectivity index (χ0) is 12.5. The quantitative estimate of drug-likeness (QED) is 0.645. The molecule has 3 rings (SSSR count). The largest absolute Gasteiger partial charge is 0.354 e. The first kappa shape index (κ1) is 11.6. The van der Waals surface area contributed by atoms with Gasteiger partial charge in [0.15, 0.2) is 0 Å². The molecule has 96 valence electrons. The fourth-order valence-electron chi connectivity index (χ4n) is 2.80. The van der Waals surface area contributed by atoms with Crippen molar-refractivity contribution in [1.29, 1.82) is 0 Å². The second-order valence-electron chi connectivity index (χ2n) is 4.96. The summed E-state index contributed by atoms with van der Waals surface area (Å²) in [5.74, 6) is 0. The number of nitro benzene ring substituents is 1. The van der Waals surface area contributed by atoms with Crippen LogP contribution in [-0.2, 0) is 4.74 Å². The Balaban J connectivity index is 1.73. The Hall–Kier alpha value is -1.46. The van der Waals surface area contributed by atoms with Gasteiger partial charge in [0.25, 0.3) is 5.69 Å². The molecular formula is C13H16N2O3. The molecule has 2 fully saturated rings. The summed E-state index contributed by atoms with van der Waals surface area (Å²) in [4.78, 5) is 10.2. The van der Waals surface area contributed by atoms with Gasteiger partial charge >= 0.3 is 0 Å². The van der Waals surface area contributed by atoms with Crippen LogP contribution in [0.2, 0.25) is 0 Å². The lowest BCUT2D eigenvalue weighted by Crippen LogP contribution is -2.33. The van der Waals surface area contributed by atoms with Crippen molar-refractivity contribution in [3.05, 3.63) is 39.9 Å². The topological polar surface area (TPSA) is 64.4 Å². The molecule has 1 aromatic rings. The lowest BCUT2D eigenvalue weighted by molar-refractivity contribution is -0.384. The molecule has 3 atom stereocenters. The van der Waals surface area contributed by atoms with E-state index in [0.717, 1.165) is 18.4 Å². The van der Waals surface area contributed by atoms with E-state index < -0.39 is 0 Å². The molecule has 1 heterocycles. The second kappa shape index (κ2) is 4.66. The molecule has 2 aliphatic rings. The van der Waals surface area contributed by atoms with Crippen LogP contribution in [0.15, 0.2) is 24.3 Å². The van der Waals surface area contributed by atoms with Crippen molar-refractivity contribution in [1.82, 2.24) is 5.32 Å². The van der Waals surface area contributed by atoms with E-state index in [1.165, 1.54) is 25.0 Å². The Bertz CT molecular complexity index is 432. The van der Waals surface area contributed by atoms with Crippen LogP contribution in [0.5, 0.6) is 0 Å². The van der Waals surface area contributed by atoms with E-state index in [0.29, 0.717) is 12.1 Å². The van der Waals surface area contributed by atoms with Gasteiger partial charge in [-0.2, -0.15) is 0 Å². The molecule has 1 aromatic carbocycles. The maximum absolute atomic E-state index is 10.6.